The molecular formula is C21H20N4O2. The van der Waals surface area contributed by atoms with Crippen molar-refractivity contribution in [1.82, 2.24) is 20.8 Å². The van der Waals surface area contributed by atoms with E-state index in [1.165, 1.54) is 0 Å². The van der Waals surface area contributed by atoms with Crippen LogP contribution in [0.25, 0.3) is 11.3 Å². The summed E-state index contributed by atoms with van der Waals surface area (Å²) in [6, 6.07) is 19.0. The van der Waals surface area contributed by atoms with Crippen LogP contribution in [0.5, 0.6) is 0 Å². The Morgan fingerprint density at radius 2 is 1.74 bits per heavy atom. The SMILES string of the molecule is O=C(NC1CC1)c1ccc(CNC(=O)c2cc(-c3ccccc3)n[nH]2)cc1. The van der Waals surface area contributed by atoms with Gasteiger partial charge in [0.25, 0.3) is 11.8 Å². The summed E-state index contributed by atoms with van der Waals surface area (Å²) in [6.07, 6.45) is 2.13. The molecule has 0 saturated heterocycles. The quantitative estimate of drug-likeness (QED) is 0.632. The van der Waals surface area contributed by atoms with Gasteiger partial charge in [-0.25, -0.2) is 0 Å². The maximum Gasteiger partial charge on any atom is 0.269 e. The molecule has 0 spiro atoms. The highest BCUT2D eigenvalue weighted by atomic mass is 16.2. The van der Waals surface area contributed by atoms with Crippen LogP contribution < -0.4 is 10.6 Å². The summed E-state index contributed by atoms with van der Waals surface area (Å²) >= 11 is 0. The van der Waals surface area contributed by atoms with Crippen molar-refractivity contribution in [2.45, 2.75) is 25.4 Å². The Hall–Kier alpha value is -3.41. The molecule has 1 aliphatic rings. The van der Waals surface area contributed by atoms with Gasteiger partial charge in [-0.3, -0.25) is 14.7 Å². The molecule has 2 aromatic carbocycles. The van der Waals surface area contributed by atoms with E-state index in [0.717, 1.165) is 29.7 Å². The van der Waals surface area contributed by atoms with Crippen molar-refractivity contribution >= 4 is 11.8 Å². The molecule has 0 atom stereocenters. The third-order valence-corrected chi connectivity index (χ3v) is 4.47. The lowest BCUT2D eigenvalue weighted by atomic mass is 10.1. The highest BCUT2D eigenvalue weighted by molar-refractivity contribution is 5.95. The van der Waals surface area contributed by atoms with E-state index >= 15 is 0 Å². The first-order valence-corrected chi connectivity index (χ1v) is 8.98. The summed E-state index contributed by atoms with van der Waals surface area (Å²) in [4.78, 5) is 24.3. The molecule has 6 heteroatoms. The van der Waals surface area contributed by atoms with Crippen molar-refractivity contribution in [2.24, 2.45) is 0 Å². The number of aromatic nitrogens is 2. The predicted molar refractivity (Wildman–Crippen MR) is 102 cm³/mol. The van der Waals surface area contributed by atoms with Crippen LogP contribution in [0.15, 0.2) is 60.7 Å². The molecule has 1 fully saturated rings. The molecule has 1 aromatic heterocycles. The molecule has 3 N–H and O–H groups in total. The largest absolute Gasteiger partial charge is 0.349 e. The van der Waals surface area contributed by atoms with Gasteiger partial charge >= 0.3 is 0 Å². The number of carbonyl (C=O) groups is 2. The van der Waals surface area contributed by atoms with Crippen LogP contribution in [0.4, 0.5) is 0 Å². The molecule has 0 radical (unpaired) electrons. The smallest absolute Gasteiger partial charge is 0.269 e. The minimum atomic E-state index is -0.222. The van der Waals surface area contributed by atoms with Gasteiger partial charge in [-0.15, -0.1) is 0 Å². The fourth-order valence-corrected chi connectivity index (χ4v) is 2.74. The first kappa shape index (κ1) is 17.0. The fourth-order valence-electron chi connectivity index (χ4n) is 2.74. The second-order valence-corrected chi connectivity index (χ2v) is 6.66. The molecule has 0 aliphatic heterocycles. The van der Waals surface area contributed by atoms with Crippen LogP contribution in [0, 0.1) is 0 Å². The standard InChI is InChI=1S/C21H20N4O2/c26-20(23-17-10-11-17)16-8-6-14(7-9-16)13-22-21(27)19-12-18(24-25-19)15-4-2-1-3-5-15/h1-9,12,17H,10-11,13H2,(H,22,27)(H,23,26)(H,24,25). The lowest BCUT2D eigenvalue weighted by Crippen LogP contribution is -2.25. The molecule has 3 aromatic rings. The fraction of sp³-hybridized carbons (Fsp3) is 0.190. The number of hydrogen-bond acceptors (Lipinski definition) is 3. The third-order valence-electron chi connectivity index (χ3n) is 4.47. The lowest BCUT2D eigenvalue weighted by Gasteiger charge is -2.06. The number of H-pyrrole nitrogens is 1. The number of rotatable bonds is 6. The van der Waals surface area contributed by atoms with Gasteiger partial charge < -0.3 is 10.6 Å². The Balaban J connectivity index is 1.34. The summed E-state index contributed by atoms with van der Waals surface area (Å²) in [5.74, 6) is -0.265. The van der Waals surface area contributed by atoms with Crippen LogP contribution >= 0.6 is 0 Å². The van der Waals surface area contributed by atoms with E-state index < -0.39 is 0 Å². The van der Waals surface area contributed by atoms with E-state index in [4.69, 9.17) is 0 Å². The van der Waals surface area contributed by atoms with Crippen molar-refractivity contribution in [3.63, 3.8) is 0 Å². The Bertz CT molecular complexity index is 944. The van der Waals surface area contributed by atoms with Gasteiger partial charge in [0.15, 0.2) is 0 Å². The number of carbonyl (C=O) groups excluding carboxylic acids is 2. The van der Waals surface area contributed by atoms with E-state index in [0.29, 0.717) is 23.8 Å². The topological polar surface area (TPSA) is 86.9 Å². The second kappa shape index (κ2) is 7.45. The number of nitrogens with one attached hydrogen (secondary N) is 3. The molecule has 27 heavy (non-hydrogen) atoms. The maximum absolute atomic E-state index is 12.3. The summed E-state index contributed by atoms with van der Waals surface area (Å²) in [6.45, 7) is 0.378. The Kier molecular flexibility index (Phi) is 4.70. The molecule has 4 rings (SSSR count). The number of aromatic amines is 1. The lowest BCUT2D eigenvalue weighted by molar-refractivity contribution is 0.0939. The van der Waals surface area contributed by atoms with E-state index in [2.05, 4.69) is 20.8 Å². The van der Waals surface area contributed by atoms with Crippen molar-refractivity contribution < 1.29 is 9.59 Å². The summed E-state index contributed by atoms with van der Waals surface area (Å²) in [5, 5.41) is 12.8. The minimum Gasteiger partial charge on any atom is -0.349 e. The van der Waals surface area contributed by atoms with Gasteiger partial charge in [0.2, 0.25) is 0 Å². The van der Waals surface area contributed by atoms with E-state index in [1.54, 1.807) is 18.2 Å². The number of nitrogens with zero attached hydrogens (tertiary/aromatic N) is 1. The van der Waals surface area contributed by atoms with Crippen molar-refractivity contribution in [3.05, 3.63) is 77.5 Å². The van der Waals surface area contributed by atoms with Gasteiger partial charge in [-0.05, 0) is 36.6 Å². The second-order valence-electron chi connectivity index (χ2n) is 6.66. The molecule has 1 aliphatic carbocycles. The molecule has 2 amide bonds. The Morgan fingerprint density at radius 3 is 2.44 bits per heavy atom. The van der Waals surface area contributed by atoms with Crippen LogP contribution in [0.3, 0.4) is 0 Å². The average molecular weight is 360 g/mol. The molecule has 136 valence electrons. The Morgan fingerprint density at radius 1 is 1.00 bits per heavy atom. The minimum absolute atomic E-state index is 0.0426. The summed E-state index contributed by atoms with van der Waals surface area (Å²) in [7, 11) is 0. The van der Waals surface area contributed by atoms with Crippen LogP contribution in [-0.4, -0.2) is 28.1 Å². The first-order chi connectivity index (χ1) is 13.2. The molecule has 6 nitrogen and oxygen atoms in total. The van der Waals surface area contributed by atoms with Gasteiger partial charge in [0.1, 0.15) is 5.69 Å². The van der Waals surface area contributed by atoms with Crippen LogP contribution in [0.1, 0.15) is 39.3 Å². The number of amides is 2. The van der Waals surface area contributed by atoms with Gasteiger partial charge in [0.05, 0.1) is 5.69 Å². The van der Waals surface area contributed by atoms with Crippen molar-refractivity contribution in [1.29, 1.82) is 0 Å². The molecule has 0 bridgehead atoms. The number of benzene rings is 2. The summed E-state index contributed by atoms with van der Waals surface area (Å²) < 4.78 is 0. The highest BCUT2D eigenvalue weighted by Gasteiger charge is 2.23. The van der Waals surface area contributed by atoms with Crippen molar-refractivity contribution in [3.8, 4) is 11.3 Å². The van der Waals surface area contributed by atoms with Gasteiger partial charge in [-0.1, -0.05) is 42.5 Å². The van der Waals surface area contributed by atoms with E-state index in [1.807, 2.05) is 42.5 Å². The molecule has 1 saturated carbocycles. The number of hydrogen-bond donors (Lipinski definition) is 3. The zero-order chi connectivity index (χ0) is 18.6. The zero-order valence-electron chi connectivity index (χ0n) is 14.7. The van der Waals surface area contributed by atoms with Crippen LogP contribution in [-0.2, 0) is 6.54 Å². The molecule has 1 heterocycles. The third kappa shape index (κ3) is 4.23. The maximum atomic E-state index is 12.3. The van der Waals surface area contributed by atoms with E-state index in [-0.39, 0.29) is 11.8 Å². The van der Waals surface area contributed by atoms with Crippen molar-refractivity contribution in [2.75, 3.05) is 0 Å². The van der Waals surface area contributed by atoms with Crippen LogP contribution in [0.2, 0.25) is 0 Å². The molecular weight excluding hydrogens is 340 g/mol. The average Bonchev–Trinajstić information content (AvgIpc) is 3.38. The van der Waals surface area contributed by atoms with E-state index in [9.17, 15) is 9.59 Å². The predicted octanol–water partition coefficient (Wildman–Crippen LogP) is 2.90. The van der Waals surface area contributed by atoms with Gasteiger partial charge in [-0.2, -0.15) is 5.10 Å². The monoisotopic (exact) mass is 360 g/mol. The highest BCUT2D eigenvalue weighted by Crippen LogP contribution is 2.19. The zero-order valence-corrected chi connectivity index (χ0v) is 14.7. The molecule has 0 unspecified atom stereocenters. The normalized spacial score (nSPS) is 13.2. The first-order valence-electron chi connectivity index (χ1n) is 8.98. The van der Waals surface area contributed by atoms with Gasteiger partial charge in [0, 0.05) is 23.7 Å². The summed E-state index contributed by atoms with van der Waals surface area (Å²) in [5.41, 5.74) is 3.65. The Labute approximate surface area is 157 Å².